The molecule has 0 saturated heterocycles. The summed E-state index contributed by atoms with van der Waals surface area (Å²) in [5.41, 5.74) is 6.12. The lowest BCUT2D eigenvalue weighted by atomic mass is 9.69. The molecular weight excluding hydrogens is 390 g/mol. The largest absolute Gasteiger partial charge is 0.336 e. The van der Waals surface area contributed by atoms with Gasteiger partial charge in [-0.25, -0.2) is 17.8 Å². The Bertz CT molecular complexity index is 1080. The van der Waals surface area contributed by atoms with E-state index < -0.39 is 15.5 Å². The van der Waals surface area contributed by atoms with Crippen LogP contribution in [0.4, 0.5) is 0 Å². The molecule has 0 spiro atoms. The monoisotopic (exact) mass is 421 g/mol. The first-order chi connectivity index (χ1) is 13.6. The molecule has 3 rings (SSSR count). The third-order valence-electron chi connectivity index (χ3n) is 6.24. The summed E-state index contributed by atoms with van der Waals surface area (Å²) >= 11 is 0. The fourth-order valence-corrected chi connectivity index (χ4v) is 5.32. The van der Waals surface area contributed by atoms with Gasteiger partial charge in [-0.15, -0.1) is 0 Å². The quantitative estimate of drug-likeness (QED) is 0.799. The van der Waals surface area contributed by atoms with Gasteiger partial charge in [0.15, 0.2) is 9.84 Å². The maximum Gasteiger partial charge on any atom is 0.336 e. The van der Waals surface area contributed by atoms with Crippen molar-refractivity contribution in [3.63, 3.8) is 0 Å². The SMILES string of the molecule is CC(C)[C@H]1CC[C@H](C)C[C@H]1C(=O)n1c(=O)n(CCN)c2cc(S(C)(=O)=O)ccc21. The van der Waals surface area contributed by atoms with Gasteiger partial charge >= 0.3 is 5.69 Å². The third kappa shape index (κ3) is 4.05. The molecule has 7 nitrogen and oxygen atoms in total. The highest BCUT2D eigenvalue weighted by Gasteiger charge is 2.37. The van der Waals surface area contributed by atoms with E-state index in [-0.39, 0.29) is 35.7 Å². The number of hydrogen-bond acceptors (Lipinski definition) is 5. The lowest BCUT2D eigenvalue weighted by molar-refractivity contribution is 0.0633. The second-order valence-corrected chi connectivity index (χ2v) is 10.8. The molecule has 160 valence electrons. The summed E-state index contributed by atoms with van der Waals surface area (Å²) < 4.78 is 26.6. The van der Waals surface area contributed by atoms with Crippen LogP contribution in [0.25, 0.3) is 11.0 Å². The molecule has 3 atom stereocenters. The van der Waals surface area contributed by atoms with E-state index in [9.17, 15) is 18.0 Å². The molecule has 1 saturated carbocycles. The number of sulfone groups is 1. The molecule has 8 heteroatoms. The van der Waals surface area contributed by atoms with E-state index in [1.807, 2.05) is 0 Å². The van der Waals surface area contributed by atoms with Crippen LogP contribution in [0.1, 0.15) is 44.8 Å². The first-order valence-corrected chi connectivity index (χ1v) is 12.1. The van der Waals surface area contributed by atoms with Crippen molar-refractivity contribution >= 4 is 26.8 Å². The van der Waals surface area contributed by atoms with E-state index in [0.29, 0.717) is 22.9 Å². The Morgan fingerprint density at radius 3 is 2.52 bits per heavy atom. The third-order valence-corrected chi connectivity index (χ3v) is 7.35. The zero-order chi connectivity index (χ0) is 21.5. The molecule has 2 aromatic rings. The predicted molar refractivity (Wildman–Crippen MR) is 114 cm³/mol. The number of hydrogen-bond donors (Lipinski definition) is 1. The first-order valence-electron chi connectivity index (χ1n) is 10.3. The summed E-state index contributed by atoms with van der Waals surface area (Å²) in [6, 6.07) is 4.49. The number of nitrogens with two attached hydrogens (primary N) is 1. The van der Waals surface area contributed by atoms with Crippen LogP contribution in [-0.2, 0) is 16.4 Å². The molecule has 1 aromatic carbocycles. The van der Waals surface area contributed by atoms with Gasteiger partial charge < -0.3 is 5.73 Å². The second-order valence-electron chi connectivity index (χ2n) is 8.75. The molecule has 1 aromatic heterocycles. The van der Waals surface area contributed by atoms with E-state index in [2.05, 4.69) is 20.8 Å². The molecule has 2 N–H and O–H groups in total. The summed E-state index contributed by atoms with van der Waals surface area (Å²) in [5.74, 6) is 0.607. The summed E-state index contributed by atoms with van der Waals surface area (Å²) in [6.07, 6.45) is 3.95. The van der Waals surface area contributed by atoms with Gasteiger partial charge in [-0.05, 0) is 48.8 Å². The van der Waals surface area contributed by atoms with Crippen molar-refractivity contribution in [2.45, 2.75) is 51.5 Å². The summed E-state index contributed by atoms with van der Waals surface area (Å²) in [6.45, 7) is 6.83. The van der Waals surface area contributed by atoms with Crippen LogP contribution in [0.2, 0.25) is 0 Å². The molecule has 1 aliphatic carbocycles. The molecule has 1 aliphatic rings. The van der Waals surface area contributed by atoms with Gasteiger partial charge in [0.25, 0.3) is 0 Å². The molecule has 1 heterocycles. The number of rotatable bonds is 5. The highest BCUT2D eigenvalue weighted by molar-refractivity contribution is 7.90. The Labute approximate surface area is 171 Å². The lowest BCUT2D eigenvalue weighted by Crippen LogP contribution is -2.40. The highest BCUT2D eigenvalue weighted by Crippen LogP contribution is 2.39. The Morgan fingerprint density at radius 2 is 1.93 bits per heavy atom. The van der Waals surface area contributed by atoms with Gasteiger partial charge in [-0.2, -0.15) is 0 Å². The van der Waals surface area contributed by atoms with E-state index in [1.165, 1.54) is 21.3 Å². The lowest BCUT2D eigenvalue weighted by Gasteiger charge is -2.36. The Kier molecular flexibility index (Phi) is 6.06. The highest BCUT2D eigenvalue weighted by atomic mass is 32.2. The van der Waals surface area contributed by atoms with Crippen molar-refractivity contribution in [1.82, 2.24) is 9.13 Å². The topological polar surface area (TPSA) is 104 Å². The number of carbonyl (C=O) groups excluding carboxylic acids is 1. The van der Waals surface area contributed by atoms with E-state index >= 15 is 0 Å². The Balaban J connectivity index is 2.19. The Morgan fingerprint density at radius 1 is 1.24 bits per heavy atom. The first kappa shape index (κ1) is 21.8. The molecule has 0 bridgehead atoms. The van der Waals surface area contributed by atoms with Crippen LogP contribution in [0.5, 0.6) is 0 Å². The molecule has 29 heavy (non-hydrogen) atoms. The molecule has 1 fully saturated rings. The minimum absolute atomic E-state index is 0.117. The minimum Gasteiger partial charge on any atom is -0.329 e. The fraction of sp³-hybridized carbons (Fsp3) is 0.619. The van der Waals surface area contributed by atoms with Crippen LogP contribution >= 0.6 is 0 Å². The van der Waals surface area contributed by atoms with E-state index in [4.69, 9.17) is 5.73 Å². The van der Waals surface area contributed by atoms with Gasteiger partial charge in [0.05, 0.1) is 15.9 Å². The van der Waals surface area contributed by atoms with Gasteiger partial charge in [-0.1, -0.05) is 27.2 Å². The Hall–Kier alpha value is -1.93. The number of benzene rings is 1. The van der Waals surface area contributed by atoms with Crippen molar-refractivity contribution in [3.05, 3.63) is 28.7 Å². The van der Waals surface area contributed by atoms with Crippen molar-refractivity contribution in [2.75, 3.05) is 12.8 Å². The predicted octanol–water partition coefficient (Wildman–Crippen LogP) is 2.51. The molecule has 0 radical (unpaired) electrons. The van der Waals surface area contributed by atoms with Crippen molar-refractivity contribution in [3.8, 4) is 0 Å². The smallest absolute Gasteiger partial charge is 0.329 e. The average Bonchev–Trinajstić information content (AvgIpc) is 2.91. The zero-order valence-electron chi connectivity index (χ0n) is 17.6. The second kappa shape index (κ2) is 8.07. The van der Waals surface area contributed by atoms with Crippen molar-refractivity contribution < 1.29 is 13.2 Å². The summed E-state index contributed by atoms with van der Waals surface area (Å²) in [7, 11) is -3.44. The van der Waals surface area contributed by atoms with Crippen LogP contribution < -0.4 is 11.4 Å². The van der Waals surface area contributed by atoms with Crippen LogP contribution in [0.3, 0.4) is 0 Å². The maximum absolute atomic E-state index is 13.6. The number of nitrogens with zero attached hydrogens (tertiary/aromatic N) is 2. The zero-order valence-corrected chi connectivity index (χ0v) is 18.4. The van der Waals surface area contributed by atoms with Crippen molar-refractivity contribution in [2.24, 2.45) is 29.4 Å². The average molecular weight is 422 g/mol. The van der Waals surface area contributed by atoms with Crippen LogP contribution in [-0.4, -0.2) is 36.3 Å². The van der Waals surface area contributed by atoms with Gasteiger partial charge in [0.2, 0.25) is 5.91 Å². The summed E-state index contributed by atoms with van der Waals surface area (Å²) in [5, 5.41) is 0. The molecule has 0 amide bonds. The fourth-order valence-electron chi connectivity index (χ4n) is 4.68. The number of fused-ring (bicyclic) bond motifs is 1. The maximum atomic E-state index is 13.6. The van der Waals surface area contributed by atoms with Gasteiger partial charge in [0, 0.05) is 25.3 Å². The van der Waals surface area contributed by atoms with E-state index in [0.717, 1.165) is 25.5 Å². The molecule has 0 aliphatic heterocycles. The molecule has 0 unspecified atom stereocenters. The van der Waals surface area contributed by atoms with Crippen LogP contribution in [0, 0.1) is 23.7 Å². The normalized spacial score (nSPS) is 23.0. The van der Waals surface area contributed by atoms with E-state index in [1.54, 1.807) is 6.07 Å². The summed E-state index contributed by atoms with van der Waals surface area (Å²) in [4.78, 5) is 26.9. The van der Waals surface area contributed by atoms with Gasteiger partial charge in [-0.3, -0.25) is 9.36 Å². The minimum atomic E-state index is -3.44. The van der Waals surface area contributed by atoms with Crippen LogP contribution in [0.15, 0.2) is 27.9 Å². The number of imidazole rings is 1. The molecular formula is C21H31N3O4S. The van der Waals surface area contributed by atoms with Crippen molar-refractivity contribution in [1.29, 1.82) is 0 Å². The number of aromatic nitrogens is 2. The standard InChI is InChI=1S/C21H31N3O4S/c1-13(2)16-7-5-14(3)11-17(16)20(25)24-18-8-6-15(29(4,27)28)12-19(18)23(10-9-22)21(24)26/h6,8,12-14,16-17H,5,7,9-11,22H2,1-4H3/t14-,16+,17+/m0/s1. The number of carbonyl (C=O) groups is 1. The van der Waals surface area contributed by atoms with Gasteiger partial charge in [0.1, 0.15) is 0 Å².